The SMILES string of the molecule is COc1cc(/C=C/C(=O)Nc2ccc(Cl)c(S(=O)(=O)N3CCOCC3)c2)ccc1OCC#N. The molecule has 2 aromatic carbocycles. The van der Waals surface area contributed by atoms with Crippen molar-refractivity contribution in [1.29, 1.82) is 5.26 Å². The van der Waals surface area contributed by atoms with Crippen molar-refractivity contribution in [3.63, 3.8) is 0 Å². The van der Waals surface area contributed by atoms with Gasteiger partial charge < -0.3 is 19.5 Å². The summed E-state index contributed by atoms with van der Waals surface area (Å²) in [5.74, 6) is 0.370. The van der Waals surface area contributed by atoms with E-state index >= 15 is 0 Å². The first-order chi connectivity index (χ1) is 15.8. The van der Waals surface area contributed by atoms with Crippen LogP contribution in [0.15, 0.2) is 47.4 Å². The number of hydrogen-bond donors (Lipinski definition) is 1. The third-order valence-corrected chi connectivity index (χ3v) is 7.07. The van der Waals surface area contributed by atoms with Crippen LogP contribution >= 0.6 is 11.6 Å². The predicted octanol–water partition coefficient (Wildman–Crippen LogP) is 2.92. The van der Waals surface area contributed by atoms with Gasteiger partial charge in [0.05, 0.1) is 25.3 Å². The molecule has 174 valence electrons. The minimum absolute atomic E-state index is 0.0702. The lowest BCUT2D eigenvalue weighted by Gasteiger charge is -2.26. The van der Waals surface area contributed by atoms with Gasteiger partial charge in [-0.2, -0.15) is 9.57 Å². The lowest BCUT2D eigenvalue weighted by atomic mass is 10.2. The molecule has 0 unspecified atom stereocenters. The highest BCUT2D eigenvalue weighted by molar-refractivity contribution is 7.89. The monoisotopic (exact) mass is 491 g/mol. The van der Waals surface area contributed by atoms with Gasteiger partial charge >= 0.3 is 0 Å². The Labute approximate surface area is 197 Å². The Bertz CT molecular complexity index is 1190. The van der Waals surface area contributed by atoms with Gasteiger partial charge in [-0.25, -0.2) is 8.42 Å². The van der Waals surface area contributed by atoms with Crippen molar-refractivity contribution in [2.45, 2.75) is 4.90 Å². The van der Waals surface area contributed by atoms with Crippen LogP contribution in [0, 0.1) is 11.3 Å². The molecule has 1 fully saturated rings. The number of morpholine rings is 1. The first kappa shape index (κ1) is 24.5. The van der Waals surface area contributed by atoms with E-state index < -0.39 is 15.9 Å². The fraction of sp³-hybridized carbons (Fsp3) is 0.273. The summed E-state index contributed by atoms with van der Waals surface area (Å²) in [6, 6.07) is 11.2. The summed E-state index contributed by atoms with van der Waals surface area (Å²) in [7, 11) is -2.35. The van der Waals surface area contributed by atoms with E-state index in [-0.39, 0.29) is 29.6 Å². The molecule has 1 N–H and O–H groups in total. The molecular formula is C22H22ClN3O6S. The second kappa shape index (κ2) is 11.2. The molecule has 0 bridgehead atoms. The zero-order valence-corrected chi connectivity index (χ0v) is 19.4. The maximum absolute atomic E-state index is 12.9. The molecule has 0 aromatic heterocycles. The molecule has 1 aliphatic rings. The standard InChI is InChI=1S/C22H22ClN3O6S/c1-30-20-14-16(2-6-19(20)32-11-8-24)3-7-22(27)25-17-4-5-18(23)21(15-17)33(28,29)26-9-12-31-13-10-26/h2-7,14-15H,9-13H2,1H3,(H,25,27)/b7-3+. The van der Waals surface area contributed by atoms with Gasteiger partial charge in [-0.05, 0) is 42.0 Å². The third kappa shape index (κ3) is 6.24. The van der Waals surface area contributed by atoms with E-state index in [0.29, 0.717) is 36.0 Å². The van der Waals surface area contributed by atoms with Gasteiger partial charge in [-0.3, -0.25) is 4.79 Å². The normalized spacial score (nSPS) is 14.6. The Morgan fingerprint density at radius 1 is 1.24 bits per heavy atom. The van der Waals surface area contributed by atoms with Crippen molar-refractivity contribution in [2.75, 3.05) is 45.3 Å². The first-order valence-corrected chi connectivity index (χ1v) is 11.7. The average Bonchev–Trinajstić information content (AvgIpc) is 2.83. The minimum atomic E-state index is -3.82. The Kier molecular flexibility index (Phi) is 8.30. The van der Waals surface area contributed by atoms with Crippen molar-refractivity contribution in [1.82, 2.24) is 4.31 Å². The summed E-state index contributed by atoms with van der Waals surface area (Å²) in [6.45, 7) is 0.991. The Morgan fingerprint density at radius 3 is 2.70 bits per heavy atom. The molecule has 1 saturated heterocycles. The number of halogens is 1. The van der Waals surface area contributed by atoms with Gasteiger partial charge in [0.2, 0.25) is 15.9 Å². The number of carbonyl (C=O) groups is 1. The second-order valence-electron chi connectivity index (χ2n) is 6.84. The Hall–Kier alpha value is -3.10. The lowest BCUT2D eigenvalue weighted by molar-refractivity contribution is -0.111. The van der Waals surface area contributed by atoms with Gasteiger partial charge in [0, 0.05) is 24.9 Å². The predicted molar refractivity (Wildman–Crippen MR) is 123 cm³/mol. The van der Waals surface area contributed by atoms with E-state index in [4.69, 9.17) is 31.1 Å². The molecule has 0 atom stereocenters. The highest BCUT2D eigenvalue weighted by atomic mass is 35.5. The maximum atomic E-state index is 12.9. The van der Waals surface area contributed by atoms with Gasteiger partial charge in [-0.1, -0.05) is 17.7 Å². The number of anilines is 1. The molecule has 11 heteroatoms. The second-order valence-corrected chi connectivity index (χ2v) is 9.15. The van der Waals surface area contributed by atoms with Crippen LogP contribution in [0.5, 0.6) is 11.5 Å². The number of amides is 1. The zero-order valence-electron chi connectivity index (χ0n) is 17.8. The number of nitrogens with one attached hydrogen (secondary N) is 1. The van der Waals surface area contributed by atoms with E-state index in [1.807, 2.05) is 6.07 Å². The fourth-order valence-corrected chi connectivity index (χ4v) is 4.99. The highest BCUT2D eigenvalue weighted by Gasteiger charge is 2.28. The zero-order chi connectivity index (χ0) is 23.8. The highest BCUT2D eigenvalue weighted by Crippen LogP contribution is 2.29. The van der Waals surface area contributed by atoms with Crippen LogP contribution in [0.3, 0.4) is 0 Å². The summed E-state index contributed by atoms with van der Waals surface area (Å²) < 4.78 is 42.9. The number of methoxy groups -OCH3 is 1. The van der Waals surface area contributed by atoms with Gasteiger partial charge in [0.15, 0.2) is 18.1 Å². The van der Waals surface area contributed by atoms with Crippen LogP contribution in [0.2, 0.25) is 5.02 Å². The van der Waals surface area contributed by atoms with E-state index in [2.05, 4.69) is 5.32 Å². The summed E-state index contributed by atoms with van der Waals surface area (Å²) in [5, 5.41) is 11.3. The quantitative estimate of drug-likeness (QED) is 0.564. The number of nitrogens with zero attached hydrogens (tertiary/aromatic N) is 2. The van der Waals surface area contributed by atoms with Gasteiger partial charge in [0.25, 0.3) is 0 Å². The molecule has 0 saturated carbocycles. The van der Waals surface area contributed by atoms with Crippen molar-refractivity contribution in [3.8, 4) is 17.6 Å². The van der Waals surface area contributed by atoms with Crippen LogP contribution in [0.1, 0.15) is 5.56 Å². The van der Waals surface area contributed by atoms with Gasteiger partial charge in [0.1, 0.15) is 11.0 Å². The number of carbonyl (C=O) groups excluding carboxylic acids is 1. The first-order valence-electron chi connectivity index (χ1n) is 9.89. The molecule has 0 spiro atoms. The largest absolute Gasteiger partial charge is 0.493 e. The fourth-order valence-electron chi connectivity index (χ4n) is 3.08. The van der Waals surface area contributed by atoms with Crippen LogP contribution in [-0.4, -0.2) is 58.7 Å². The number of hydrogen-bond acceptors (Lipinski definition) is 7. The van der Waals surface area contributed by atoms with Crippen molar-refractivity contribution < 1.29 is 27.4 Å². The summed E-state index contributed by atoms with van der Waals surface area (Å²) >= 11 is 6.15. The Balaban J connectivity index is 1.72. The molecule has 0 radical (unpaired) electrons. The number of ether oxygens (including phenoxy) is 3. The van der Waals surface area contributed by atoms with Crippen LogP contribution in [0.4, 0.5) is 5.69 Å². The molecule has 1 heterocycles. The van der Waals surface area contributed by atoms with E-state index in [1.54, 1.807) is 24.3 Å². The number of rotatable bonds is 8. The summed E-state index contributed by atoms with van der Waals surface area (Å²) in [5.41, 5.74) is 0.955. The van der Waals surface area contributed by atoms with Gasteiger partial charge in [-0.15, -0.1) is 0 Å². The molecule has 1 aliphatic heterocycles. The lowest BCUT2D eigenvalue weighted by Crippen LogP contribution is -2.40. The van der Waals surface area contributed by atoms with Crippen molar-refractivity contribution in [3.05, 3.63) is 53.1 Å². The number of nitriles is 1. The van der Waals surface area contributed by atoms with Crippen molar-refractivity contribution in [2.24, 2.45) is 0 Å². The van der Waals surface area contributed by atoms with E-state index in [0.717, 1.165) is 0 Å². The molecule has 2 aromatic rings. The van der Waals surface area contributed by atoms with Crippen LogP contribution in [0.25, 0.3) is 6.08 Å². The molecule has 3 rings (SSSR count). The molecule has 0 aliphatic carbocycles. The molecule has 1 amide bonds. The third-order valence-electron chi connectivity index (χ3n) is 4.69. The number of sulfonamides is 1. The van der Waals surface area contributed by atoms with E-state index in [9.17, 15) is 13.2 Å². The molecule has 9 nitrogen and oxygen atoms in total. The summed E-state index contributed by atoms with van der Waals surface area (Å²) in [4.78, 5) is 12.3. The van der Waals surface area contributed by atoms with E-state index in [1.165, 1.54) is 35.7 Å². The topological polar surface area (TPSA) is 118 Å². The molecule has 33 heavy (non-hydrogen) atoms. The van der Waals surface area contributed by atoms with Crippen LogP contribution < -0.4 is 14.8 Å². The molecular weight excluding hydrogens is 470 g/mol. The Morgan fingerprint density at radius 2 is 2.00 bits per heavy atom. The number of benzene rings is 2. The average molecular weight is 492 g/mol. The smallest absolute Gasteiger partial charge is 0.248 e. The minimum Gasteiger partial charge on any atom is -0.493 e. The van der Waals surface area contributed by atoms with Crippen LogP contribution in [-0.2, 0) is 19.6 Å². The van der Waals surface area contributed by atoms with Crippen molar-refractivity contribution >= 4 is 39.3 Å². The maximum Gasteiger partial charge on any atom is 0.248 e. The summed E-state index contributed by atoms with van der Waals surface area (Å²) in [6.07, 6.45) is 2.86.